The van der Waals surface area contributed by atoms with Gasteiger partial charge in [-0.2, -0.15) is 0 Å². The maximum Gasteiger partial charge on any atom is 0.266 e. The van der Waals surface area contributed by atoms with Crippen LogP contribution in [0.3, 0.4) is 0 Å². The number of methoxy groups -OCH3 is 1. The summed E-state index contributed by atoms with van der Waals surface area (Å²) in [5.74, 6) is 0. The van der Waals surface area contributed by atoms with E-state index in [0.717, 1.165) is 0 Å². The standard InChI is InChI=1S/C6H6BrClO3S2/c1-3-4(13(8,9)10)6(11-2)12-5(3)7/h1-2H3. The summed E-state index contributed by atoms with van der Waals surface area (Å²) in [6.07, 6.45) is 0. The Bertz CT molecular complexity index is 423. The first-order chi connectivity index (χ1) is 5.88. The summed E-state index contributed by atoms with van der Waals surface area (Å²) in [5.41, 5.74) is 0.580. The maximum absolute atomic E-state index is 11.1. The topological polar surface area (TPSA) is 43.4 Å². The molecule has 3 nitrogen and oxygen atoms in total. The molecule has 0 spiro atoms. The van der Waals surface area contributed by atoms with Gasteiger partial charge in [0.2, 0.25) is 0 Å². The van der Waals surface area contributed by atoms with Gasteiger partial charge in [-0.3, -0.25) is 0 Å². The van der Waals surface area contributed by atoms with Crippen LogP contribution in [-0.4, -0.2) is 15.5 Å². The normalized spacial score (nSPS) is 11.7. The fourth-order valence-corrected chi connectivity index (χ4v) is 4.34. The van der Waals surface area contributed by atoms with Crippen molar-refractivity contribution in [2.24, 2.45) is 0 Å². The van der Waals surface area contributed by atoms with Crippen molar-refractivity contribution >= 4 is 47.0 Å². The van der Waals surface area contributed by atoms with Gasteiger partial charge < -0.3 is 4.74 Å². The Hall–Kier alpha value is 0.220. The van der Waals surface area contributed by atoms with Crippen molar-refractivity contribution in [2.75, 3.05) is 7.11 Å². The lowest BCUT2D eigenvalue weighted by Gasteiger charge is -1.98. The Balaban J connectivity index is 3.51. The van der Waals surface area contributed by atoms with Crippen LogP contribution in [0.2, 0.25) is 0 Å². The van der Waals surface area contributed by atoms with E-state index in [0.29, 0.717) is 14.4 Å². The Morgan fingerprint density at radius 2 is 2.08 bits per heavy atom. The lowest BCUT2D eigenvalue weighted by Crippen LogP contribution is -1.94. The molecule has 0 aliphatic carbocycles. The van der Waals surface area contributed by atoms with Crippen LogP contribution in [0, 0.1) is 6.92 Å². The van der Waals surface area contributed by atoms with Crippen LogP contribution in [0.5, 0.6) is 5.06 Å². The van der Waals surface area contributed by atoms with Crippen molar-refractivity contribution in [2.45, 2.75) is 11.8 Å². The van der Waals surface area contributed by atoms with Crippen LogP contribution in [0.4, 0.5) is 0 Å². The molecule has 0 aliphatic rings. The molecule has 0 aliphatic heterocycles. The van der Waals surface area contributed by atoms with Crippen LogP contribution in [0.1, 0.15) is 5.56 Å². The van der Waals surface area contributed by atoms with Gasteiger partial charge in [-0.15, -0.1) is 0 Å². The number of hydrogen-bond donors (Lipinski definition) is 0. The molecule has 0 atom stereocenters. The predicted octanol–water partition coefficient (Wildman–Crippen LogP) is 2.76. The second-order valence-corrected chi connectivity index (χ2v) is 7.06. The minimum Gasteiger partial charge on any atom is -0.486 e. The second-order valence-electron chi connectivity index (χ2n) is 2.26. The average Bonchev–Trinajstić information content (AvgIpc) is 2.26. The molecule has 0 fully saturated rings. The highest BCUT2D eigenvalue weighted by molar-refractivity contribution is 9.11. The van der Waals surface area contributed by atoms with Crippen LogP contribution in [0.15, 0.2) is 8.68 Å². The number of halogens is 2. The minimum atomic E-state index is -3.73. The van der Waals surface area contributed by atoms with E-state index in [1.807, 2.05) is 0 Å². The largest absolute Gasteiger partial charge is 0.486 e. The van der Waals surface area contributed by atoms with E-state index in [1.54, 1.807) is 6.92 Å². The molecule has 0 saturated heterocycles. The van der Waals surface area contributed by atoms with E-state index in [-0.39, 0.29) is 4.90 Å². The number of ether oxygens (including phenoxy) is 1. The third-order valence-corrected chi connectivity index (χ3v) is 5.13. The zero-order chi connectivity index (χ0) is 10.2. The van der Waals surface area contributed by atoms with Crippen molar-refractivity contribution in [3.05, 3.63) is 9.35 Å². The fourth-order valence-electron chi connectivity index (χ4n) is 0.863. The molecule has 1 rings (SSSR count). The monoisotopic (exact) mass is 304 g/mol. The molecule has 0 N–H and O–H groups in total. The summed E-state index contributed by atoms with van der Waals surface area (Å²) in [6.45, 7) is 1.67. The predicted molar refractivity (Wildman–Crippen MR) is 56.3 cm³/mol. The van der Waals surface area contributed by atoms with E-state index in [9.17, 15) is 8.42 Å². The first kappa shape index (κ1) is 11.3. The van der Waals surface area contributed by atoms with Gasteiger partial charge in [0.25, 0.3) is 9.05 Å². The molecule has 13 heavy (non-hydrogen) atoms. The molecule has 0 unspecified atom stereocenters. The Kier molecular flexibility index (Phi) is 3.27. The fraction of sp³-hybridized carbons (Fsp3) is 0.333. The smallest absolute Gasteiger partial charge is 0.266 e. The maximum atomic E-state index is 11.1. The molecule has 1 heterocycles. The number of thiophene rings is 1. The van der Waals surface area contributed by atoms with Crippen molar-refractivity contribution in [1.29, 1.82) is 0 Å². The molecule has 74 valence electrons. The summed E-state index contributed by atoms with van der Waals surface area (Å²) < 4.78 is 27.8. The van der Waals surface area contributed by atoms with Gasteiger partial charge in [0.15, 0.2) is 5.06 Å². The summed E-state index contributed by atoms with van der Waals surface area (Å²) in [4.78, 5) is 0.0496. The van der Waals surface area contributed by atoms with E-state index in [1.165, 1.54) is 18.4 Å². The highest BCUT2D eigenvalue weighted by Crippen LogP contribution is 2.42. The van der Waals surface area contributed by atoms with E-state index < -0.39 is 9.05 Å². The van der Waals surface area contributed by atoms with Crippen LogP contribution >= 0.6 is 37.9 Å². The van der Waals surface area contributed by atoms with Gasteiger partial charge in [0.05, 0.1) is 10.9 Å². The van der Waals surface area contributed by atoms with E-state index >= 15 is 0 Å². The van der Waals surface area contributed by atoms with Gasteiger partial charge >= 0.3 is 0 Å². The second kappa shape index (κ2) is 3.76. The van der Waals surface area contributed by atoms with Crippen LogP contribution < -0.4 is 4.74 Å². The highest BCUT2D eigenvalue weighted by atomic mass is 79.9. The van der Waals surface area contributed by atoms with Gasteiger partial charge in [0.1, 0.15) is 4.90 Å². The molecule has 0 bridgehead atoms. The lowest BCUT2D eigenvalue weighted by molar-refractivity contribution is 0.416. The summed E-state index contributed by atoms with van der Waals surface area (Å²) in [6, 6.07) is 0. The molecule has 0 aromatic carbocycles. The van der Waals surface area contributed by atoms with Gasteiger partial charge in [-0.05, 0) is 28.4 Å². The Morgan fingerprint density at radius 3 is 2.38 bits per heavy atom. The summed E-state index contributed by atoms with van der Waals surface area (Å²) >= 11 is 4.41. The molecule has 0 saturated carbocycles. The molecular formula is C6H6BrClO3S2. The average molecular weight is 306 g/mol. The third kappa shape index (κ3) is 2.18. The number of rotatable bonds is 2. The lowest BCUT2D eigenvalue weighted by atomic mass is 10.4. The number of hydrogen-bond acceptors (Lipinski definition) is 4. The molecule has 1 aromatic heterocycles. The van der Waals surface area contributed by atoms with E-state index in [4.69, 9.17) is 15.4 Å². The highest BCUT2D eigenvalue weighted by Gasteiger charge is 2.24. The Morgan fingerprint density at radius 1 is 1.54 bits per heavy atom. The molecule has 7 heteroatoms. The SMILES string of the molecule is COc1sc(Br)c(C)c1S(=O)(=O)Cl. The minimum absolute atomic E-state index is 0.0496. The van der Waals surface area contributed by atoms with E-state index in [2.05, 4.69) is 15.9 Å². The summed E-state index contributed by atoms with van der Waals surface area (Å²) in [7, 11) is 2.92. The van der Waals surface area contributed by atoms with Crippen molar-refractivity contribution in [1.82, 2.24) is 0 Å². The van der Waals surface area contributed by atoms with Crippen LogP contribution in [0.25, 0.3) is 0 Å². The van der Waals surface area contributed by atoms with Gasteiger partial charge in [-0.25, -0.2) is 8.42 Å². The van der Waals surface area contributed by atoms with Gasteiger partial charge in [-0.1, -0.05) is 11.3 Å². The quantitative estimate of drug-likeness (QED) is 0.789. The first-order valence-corrected chi connectivity index (χ1v) is 7.07. The first-order valence-electron chi connectivity index (χ1n) is 3.15. The van der Waals surface area contributed by atoms with Crippen molar-refractivity contribution in [3.63, 3.8) is 0 Å². The Labute approximate surface area is 93.2 Å². The molecule has 0 amide bonds. The summed E-state index contributed by atoms with van der Waals surface area (Å²) in [5, 5.41) is 0.305. The third-order valence-electron chi connectivity index (χ3n) is 1.43. The van der Waals surface area contributed by atoms with Gasteiger partial charge in [0, 0.05) is 10.7 Å². The van der Waals surface area contributed by atoms with Crippen molar-refractivity contribution in [3.8, 4) is 5.06 Å². The zero-order valence-corrected chi connectivity index (χ0v) is 10.8. The van der Waals surface area contributed by atoms with Crippen molar-refractivity contribution < 1.29 is 13.2 Å². The zero-order valence-electron chi connectivity index (χ0n) is 6.80. The molecular weight excluding hydrogens is 300 g/mol. The molecule has 1 aromatic rings. The molecule has 0 radical (unpaired) electrons. The van der Waals surface area contributed by atoms with Crippen LogP contribution in [-0.2, 0) is 9.05 Å².